The van der Waals surface area contributed by atoms with E-state index in [1.807, 2.05) is 13.0 Å². The van der Waals surface area contributed by atoms with Gasteiger partial charge in [-0.1, -0.05) is 21.5 Å². The van der Waals surface area contributed by atoms with Crippen molar-refractivity contribution >= 4 is 5.91 Å². The summed E-state index contributed by atoms with van der Waals surface area (Å²) >= 11 is 0. The monoisotopic (exact) mass is 408 g/mol. The molecule has 0 spiro atoms. The van der Waals surface area contributed by atoms with Crippen molar-refractivity contribution in [3.63, 3.8) is 0 Å². The maximum absolute atomic E-state index is 13.0. The van der Waals surface area contributed by atoms with Crippen LogP contribution in [0.25, 0.3) is 0 Å². The lowest BCUT2D eigenvalue weighted by Crippen LogP contribution is -2.31. The maximum atomic E-state index is 13.0. The van der Waals surface area contributed by atoms with Crippen LogP contribution < -0.4 is 4.74 Å². The SMILES string of the molecule is Cc1nonc1C1CCCN1C(=O)c1cc(COc2ccc3c(c2)CCCC3)on1. The van der Waals surface area contributed by atoms with Gasteiger partial charge in [0, 0.05) is 12.6 Å². The molecule has 3 heterocycles. The van der Waals surface area contributed by atoms with Gasteiger partial charge in [-0.2, -0.15) is 0 Å². The molecule has 1 fully saturated rings. The Balaban J connectivity index is 1.25. The van der Waals surface area contributed by atoms with Crippen molar-refractivity contribution in [2.45, 2.75) is 58.1 Å². The van der Waals surface area contributed by atoms with Crippen LogP contribution in [0.3, 0.4) is 0 Å². The molecule has 8 heteroatoms. The molecule has 0 saturated carbocycles. The highest BCUT2D eigenvalue weighted by Crippen LogP contribution is 2.33. The molecule has 3 aromatic rings. The van der Waals surface area contributed by atoms with Crippen molar-refractivity contribution in [2.75, 3.05) is 6.54 Å². The lowest BCUT2D eigenvalue weighted by Gasteiger charge is -2.21. The fraction of sp³-hybridized carbons (Fsp3) is 0.455. The van der Waals surface area contributed by atoms with Gasteiger partial charge in [0.2, 0.25) is 0 Å². The number of nitrogens with zero attached hydrogens (tertiary/aromatic N) is 4. The molecule has 1 saturated heterocycles. The van der Waals surface area contributed by atoms with Crippen LogP contribution >= 0.6 is 0 Å². The van der Waals surface area contributed by atoms with Crippen molar-refractivity contribution in [3.05, 3.63) is 58.2 Å². The number of carbonyl (C=O) groups excluding carboxylic acids is 1. The van der Waals surface area contributed by atoms with Crippen molar-refractivity contribution < 1.29 is 18.7 Å². The second kappa shape index (κ2) is 7.93. The summed E-state index contributed by atoms with van der Waals surface area (Å²) in [5.41, 5.74) is 4.48. The Hall–Kier alpha value is -3.16. The van der Waals surface area contributed by atoms with Crippen LogP contribution in [-0.4, -0.2) is 32.8 Å². The molecule has 1 unspecified atom stereocenters. The quantitative estimate of drug-likeness (QED) is 0.634. The van der Waals surface area contributed by atoms with Gasteiger partial charge >= 0.3 is 0 Å². The summed E-state index contributed by atoms with van der Waals surface area (Å²) in [7, 11) is 0. The van der Waals surface area contributed by atoms with Crippen LogP contribution in [0.4, 0.5) is 0 Å². The van der Waals surface area contributed by atoms with Gasteiger partial charge in [0.05, 0.1) is 6.04 Å². The molecular weight excluding hydrogens is 384 g/mol. The zero-order valence-corrected chi connectivity index (χ0v) is 17.0. The van der Waals surface area contributed by atoms with Gasteiger partial charge in [-0.15, -0.1) is 0 Å². The summed E-state index contributed by atoms with van der Waals surface area (Å²) in [4.78, 5) is 14.8. The number of amides is 1. The molecule has 5 rings (SSSR count). The molecule has 8 nitrogen and oxygen atoms in total. The van der Waals surface area contributed by atoms with E-state index in [1.165, 1.54) is 24.0 Å². The van der Waals surface area contributed by atoms with Crippen molar-refractivity contribution in [2.24, 2.45) is 0 Å². The molecule has 2 aromatic heterocycles. The molecule has 0 bridgehead atoms. The first-order valence-electron chi connectivity index (χ1n) is 10.5. The number of hydrogen-bond donors (Lipinski definition) is 0. The largest absolute Gasteiger partial charge is 0.486 e. The smallest absolute Gasteiger partial charge is 0.276 e. The minimum atomic E-state index is -0.177. The first-order chi connectivity index (χ1) is 14.7. The third-order valence-electron chi connectivity index (χ3n) is 6.00. The Morgan fingerprint density at radius 3 is 2.83 bits per heavy atom. The molecule has 1 amide bonds. The predicted molar refractivity (Wildman–Crippen MR) is 106 cm³/mol. The number of likely N-dealkylation sites (tertiary alicyclic amines) is 1. The summed E-state index contributed by atoms with van der Waals surface area (Å²) in [5, 5.41) is 11.8. The zero-order chi connectivity index (χ0) is 20.5. The average molecular weight is 408 g/mol. The number of aryl methyl sites for hydroxylation is 3. The topological polar surface area (TPSA) is 94.5 Å². The number of ether oxygens (including phenoxy) is 1. The van der Waals surface area contributed by atoms with Gasteiger partial charge in [-0.05, 0) is 68.7 Å². The van der Waals surface area contributed by atoms with E-state index in [0.717, 1.165) is 31.4 Å². The summed E-state index contributed by atoms with van der Waals surface area (Å²) in [6.45, 7) is 2.71. The van der Waals surface area contributed by atoms with Crippen LogP contribution in [0.15, 0.2) is 33.4 Å². The van der Waals surface area contributed by atoms with Gasteiger partial charge in [0.15, 0.2) is 11.5 Å². The van der Waals surface area contributed by atoms with Crippen LogP contribution in [0.5, 0.6) is 5.75 Å². The highest BCUT2D eigenvalue weighted by atomic mass is 16.6. The number of carbonyl (C=O) groups is 1. The number of rotatable bonds is 5. The van der Waals surface area contributed by atoms with E-state index in [9.17, 15) is 4.79 Å². The van der Waals surface area contributed by atoms with Crippen LogP contribution in [0.2, 0.25) is 0 Å². The molecule has 156 valence electrons. The van der Waals surface area contributed by atoms with Crippen molar-refractivity contribution in [1.82, 2.24) is 20.4 Å². The Morgan fingerprint density at radius 1 is 1.13 bits per heavy atom. The van der Waals surface area contributed by atoms with E-state index in [-0.39, 0.29) is 24.2 Å². The number of fused-ring (bicyclic) bond motifs is 1. The predicted octanol–water partition coefficient (Wildman–Crippen LogP) is 3.80. The van der Waals surface area contributed by atoms with Gasteiger partial charge in [-0.3, -0.25) is 4.79 Å². The van der Waals surface area contributed by atoms with Gasteiger partial charge in [0.1, 0.15) is 23.7 Å². The Bertz CT molecular complexity index is 1060. The molecule has 1 aromatic carbocycles. The van der Waals surface area contributed by atoms with Gasteiger partial charge in [-0.25, -0.2) is 4.63 Å². The number of hydrogen-bond acceptors (Lipinski definition) is 7. The van der Waals surface area contributed by atoms with Crippen molar-refractivity contribution in [1.29, 1.82) is 0 Å². The molecule has 1 atom stereocenters. The number of aromatic nitrogens is 3. The molecule has 1 aliphatic carbocycles. The van der Waals surface area contributed by atoms with E-state index in [4.69, 9.17) is 13.9 Å². The lowest BCUT2D eigenvalue weighted by atomic mass is 9.92. The van der Waals surface area contributed by atoms with E-state index in [1.54, 1.807) is 11.0 Å². The molecule has 1 aliphatic heterocycles. The van der Waals surface area contributed by atoms with E-state index in [0.29, 0.717) is 23.7 Å². The minimum Gasteiger partial charge on any atom is -0.486 e. The van der Waals surface area contributed by atoms with Gasteiger partial charge in [0.25, 0.3) is 5.91 Å². The maximum Gasteiger partial charge on any atom is 0.276 e. The molecule has 2 aliphatic rings. The fourth-order valence-corrected chi connectivity index (χ4v) is 4.42. The summed E-state index contributed by atoms with van der Waals surface area (Å²) < 4.78 is 16.1. The van der Waals surface area contributed by atoms with E-state index >= 15 is 0 Å². The molecule has 0 N–H and O–H groups in total. The Morgan fingerprint density at radius 2 is 2.00 bits per heavy atom. The van der Waals surface area contributed by atoms with Crippen LogP contribution in [-0.2, 0) is 19.4 Å². The first kappa shape index (κ1) is 18.8. The second-order valence-electron chi connectivity index (χ2n) is 8.00. The summed E-state index contributed by atoms with van der Waals surface area (Å²) in [6.07, 6.45) is 6.45. The first-order valence-corrected chi connectivity index (χ1v) is 10.5. The zero-order valence-electron chi connectivity index (χ0n) is 17.0. The van der Waals surface area contributed by atoms with Crippen LogP contribution in [0, 0.1) is 6.92 Å². The minimum absolute atomic E-state index is 0.143. The third-order valence-corrected chi connectivity index (χ3v) is 6.00. The Labute approximate surface area is 174 Å². The van der Waals surface area contributed by atoms with Gasteiger partial charge < -0.3 is 14.2 Å². The highest BCUT2D eigenvalue weighted by molar-refractivity contribution is 5.92. The lowest BCUT2D eigenvalue weighted by molar-refractivity contribution is 0.0719. The van der Waals surface area contributed by atoms with Crippen LogP contribution in [0.1, 0.15) is 70.5 Å². The Kier molecular flexibility index (Phi) is 4.98. The average Bonchev–Trinajstić information content (AvgIpc) is 3.52. The second-order valence-corrected chi connectivity index (χ2v) is 8.00. The molecule has 30 heavy (non-hydrogen) atoms. The normalized spacial score (nSPS) is 18.4. The molecule has 0 radical (unpaired) electrons. The highest BCUT2D eigenvalue weighted by Gasteiger charge is 2.35. The summed E-state index contributed by atoms with van der Waals surface area (Å²) in [5.74, 6) is 1.16. The standard InChI is InChI=1S/C22H24N4O4/c1-14-21(25-30-23-14)20-7-4-10-26(20)22(27)19-12-18(29-24-19)13-28-17-9-8-15-5-2-3-6-16(15)11-17/h8-9,11-12,20H,2-7,10,13H2,1H3. The fourth-order valence-electron chi connectivity index (χ4n) is 4.42. The third kappa shape index (κ3) is 3.58. The molecular formula is C22H24N4O4. The summed E-state index contributed by atoms with van der Waals surface area (Å²) in [6, 6.07) is 7.77. The van der Waals surface area contributed by atoms with E-state index < -0.39 is 0 Å². The number of benzene rings is 1. The van der Waals surface area contributed by atoms with E-state index in [2.05, 4.69) is 27.6 Å². The van der Waals surface area contributed by atoms with Crippen molar-refractivity contribution in [3.8, 4) is 5.75 Å².